The zero-order valence-electron chi connectivity index (χ0n) is 14.2. The predicted octanol–water partition coefficient (Wildman–Crippen LogP) is 2.00. The van der Waals surface area contributed by atoms with Gasteiger partial charge < -0.3 is 15.1 Å². The van der Waals surface area contributed by atoms with Gasteiger partial charge in [0.15, 0.2) is 0 Å². The second kappa shape index (κ2) is 6.74. The normalized spacial score (nSPS) is 19.7. The van der Waals surface area contributed by atoms with Crippen LogP contribution in [0.5, 0.6) is 0 Å². The van der Waals surface area contributed by atoms with E-state index in [1.165, 1.54) is 18.2 Å². The monoisotopic (exact) mass is 354 g/mol. The van der Waals surface area contributed by atoms with E-state index in [-0.39, 0.29) is 18.2 Å². The van der Waals surface area contributed by atoms with Gasteiger partial charge in [0.2, 0.25) is 11.8 Å². The number of pyridine rings is 1. The lowest BCUT2D eigenvalue weighted by Gasteiger charge is -2.37. The van der Waals surface area contributed by atoms with E-state index in [1.54, 1.807) is 11.1 Å². The Hall–Kier alpha value is -2.96. The zero-order chi connectivity index (χ0) is 18.1. The van der Waals surface area contributed by atoms with Crippen molar-refractivity contribution in [1.82, 2.24) is 9.88 Å². The highest BCUT2D eigenvalue weighted by molar-refractivity contribution is 6.01. The molecule has 1 saturated heterocycles. The van der Waals surface area contributed by atoms with E-state index in [1.807, 2.05) is 18.2 Å². The molecule has 1 aromatic carbocycles. The number of carbonyl (C=O) groups excluding carboxylic acids is 2. The molecule has 1 N–H and O–H groups in total. The molecule has 6 nitrogen and oxygen atoms in total. The predicted molar refractivity (Wildman–Crippen MR) is 95.4 cm³/mol. The number of nitrogens with one attached hydrogen (secondary N) is 1. The van der Waals surface area contributed by atoms with Crippen molar-refractivity contribution in [2.45, 2.75) is 12.3 Å². The summed E-state index contributed by atoms with van der Waals surface area (Å²) in [5.74, 6) is -0.473. The number of halogens is 1. The maximum absolute atomic E-state index is 13.7. The Labute approximate surface area is 150 Å². The molecule has 0 saturated carbocycles. The van der Waals surface area contributed by atoms with Crippen molar-refractivity contribution in [3.8, 4) is 0 Å². The molecule has 1 aromatic heterocycles. The standard InChI is InChI=1S/C19H19FN4O2/c20-13-4-5-16-14(11-13)15(12-18(25)22-16)19(26)24-9-7-23(8-10-24)17-3-1-2-6-21-17/h1-6,11,15H,7-10,12H2,(H,22,25). The average molecular weight is 354 g/mol. The van der Waals surface area contributed by atoms with E-state index in [0.29, 0.717) is 37.4 Å². The van der Waals surface area contributed by atoms with Crippen molar-refractivity contribution in [3.63, 3.8) is 0 Å². The van der Waals surface area contributed by atoms with Gasteiger partial charge in [-0.2, -0.15) is 0 Å². The summed E-state index contributed by atoms with van der Waals surface area (Å²) in [4.78, 5) is 33.2. The number of carbonyl (C=O) groups is 2. The fraction of sp³-hybridized carbons (Fsp3) is 0.316. The molecule has 2 aliphatic rings. The Kier molecular flexibility index (Phi) is 4.28. The summed E-state index contributed by atoms with van der Waals surface area (Å²) in [6.45, 7) is 2.46. The molecule has 0 radical (unpaired) electrons. The SMILES string of the molecule is O=C1CC(C(=O)N2CCN(c3ccccn3)CC2)c2cc(F)ccc2N1. The van der Waals surface area contributed by atoms with Crippen LogP contribution in [0.2, 0.25) is 0 Å². The minimum absolute atomic E-state index is 0.0513. The molecular formula is C19H19FN4O2. The summed E-state index contributed by atoms with van der Waals surface area (Å²) >= 11 is 0. The van der Waals surface area contributed by atoms with Gasteiger partial charge >= 0.3 is 0 Å². The topological polar surface area (TPSA) is 65.5 Å². The first-order valence-electron chi connectivity index (χ1n) is 8.66. The summed E-state index contributed by atoms with van der Waals surface area (Å²) in [5, 5.41) is 2.71. The van der Waals surface area contributed by atoms with E-state index >= 15 is 0 Å². The molecule has 1 unspecified atom stereocenters. The minimum atomic E-state index is -0.629. The fourth-order valence-corrected chi connectivity index (χ4v) is 3.57. The molecule has 26 heavy (non-hydrogen) atoms. The zero-order valence-corrected chi connectivity index (χ0v) is 14.2. The maximum atomic E-state index is 13.7. The fourth-order valence-electron chi connectivity index (χ4n) is 3.57. The lowest BCUT2D eigenvalue weighted by molar-refractivity contribution is -0.135. The molecule has 2 aromatic rings. The molecule has 0 aliphatic carbocycles. The third-order valence-corrected chi connectivity index (χ3v) is 4.92. The van der Waals surface area contributed by atoms with Crippen LogP contribution in [0, 0.1) is 5.82 Å². The first kappa shape index (κ1) is 16.5. The summed E-state index contributed by atoms with van der Waals surface area (Å²) in [5.41, 5.74) is 1.08. The number of hydrogen-bond acceptors (Lipinski definition) is 4. The Morgan fingerprint density at radius 3 is 2.69 bits per heavy atom. The highest BCUT2D eigenvalue weighted by atomic mass is 19.1. The molecule has 2 amide bonds. The van der Waals surface area contributed by atoms with Gasteiger partial charge in [0.1, 0.15) is 11.6 Å². The van der Waals surface area contributed by atoms with Crippen molar-refractivity contribution < 1.29 is 14.0 Å². The van der Waals surface area contributed by atoms with Crippen molar-refractivity contribution in [3.05, 3.63) is 54.0 Å². The van der Waals surface area contributed by atoms with Crippen molar-refractivity contribution in [1.29, 1.82) is 0 Å². The molecule has 0 spiro atoms. The van der Waals surface area contributed by atoms with E-state index in [0.717, 1.165) is 5.82 Å². The summed E-state index contributed by atoms with van der Waals surface area (Å²) in [6, 6.07) is 9.90. The van der Waals surface area contributed by atoms with Gasteiger partial charge in [0.25, 0.3) is 0 Å². The number of hydrogen-bond donors (Lipinski definition) is 1. The second-order valence-electron chi connectivity index (χ2n) is 6.54. The third-order valence-electron chi connectivity index (χ3n) is 4.92. The van der Waals surface area contributed by atoms with Gasteiger partial charge in [0, 0.05) is 44.5 Å². The van der Waals surface area contributed by atoms with E-state index < -0.39 is 11.7 Å². The van der Waals surface area contributed by atoms with Gasteiger partial charge in [-0.05, 0) is 35.9 Å². The molecule has 134 valence electrons. The number of fused-ring (bicyclic) bond motifs is 1. The highest BCUT2D eigenvalue weighted by Gasteiger charge is 2.35. The van der Waals surface area contributed by atoms with Crippen LogP contribution in [0.1, 0.15) is 17.9 Å². The molecule has 1 atom stereocenters. The number of benzene rings is 1. The lowest BCUT2D eigenvalue weighted by atomic mass is 9.89. The highest BCUT2D eigenvalue weighted by Crippen LogP contribution is 2.34. The molecule has 1 fully saturated rings. The minimum Gasteiger partial charge on any atom is -0.353 e. The van der Waals surface area contributed by atoms with Crippen LogP contribution in [0.15, 0.2) is 42.6 Å². The van der Waals surface area contributed by atoms with Gasteiger partial charge in [-0.15, -0.1) is 0 Å². The number of nitrogens with zero attached hydrogens (tertiary/aromatic N) is 3. The number of rotatable bonds is 2. The van der Waals surface area contributed by atoms with E-state index in [4.69, 9.17) is 0 Å². The van der Waals surface area contributed by atoms with Crippen LogP contribution in [0.25, 0.3) is 0 Å². The smallest absolute Gasteiger partial charge is 0.230 e. The van der Waals surface area contributed by atoms with Gasteiger partial charge in [-0.3, -0.25) is 9.59 Å². The van der Waals surface area contributed by atoms with Crippen LogP contribution in [0.3, 0.4) is 0 Å². The lowest BCUT2D eigenvalue weighted by Crippen LogP contribution is -2.51. The first-order chi connectivity index (χ1) is 12.6. The van der Waals surface area contributed by atoms with Crippen LogP contribution in [0.4, 0.5) is 15.9 Å². The quantitative estimate of drug-likeness (QED) is 0.896. The second-order valence-corrected chi connectivity index (χ2v) is 6.54. The van der Waals surface area contributed by atoms with Crippen molar-refractivity contribution >= 4 is 23.3 Å². The molecule has 3 heterocycles. The molecule has 0 bridgehead atoms. The largest absolute Gasteiger partial charge is 0.353 e. The van der Waals surface area contributed by atoms with Crippen LogP contribution in [-0.4, -0.2) is 47.9 Å². The van der Waals surface area contributed by atoms with Crippen molar-refractivity contribution in [2.24, 2.45) is 0 Å². The maximum Gasteiger partial charge on any atom is 0.230 e. The first-order valence-corrected chi connectivity index (χ1v) is 8.66. The summed E-state index contributed by atoms with van der Waals surface area (Å²) in [7, 11) is 0. The Morgan fingerprint density at radius 2 is 1.96 bits per heavy atom. The Morgan fingerprint density at radius 1 is 1.15 bits per heavy atom. The third kappa shape index (κ3) is 3.12. The summed E-state index contributed by atoms with van der Waals surface area (Å²) < 4.78 is 13.7. The average Bonchev–Trinajstić information content (AvgIpc) is 2.68. The van der Waals surface area contributed by atoms with Gasteiger partial charge in [-0.1, -0.05) is 6.07 Å². The van der Waals surface area contributed by atoms with Crippen molar-refractivity contribution in [2.75, 3.05) is 36.4 Å². The number of amides is 2. The number of anilines is 2. The summed E-state index contributed by atoms with van der Waals surface area (Å²) in [6.07, 6.45) is 1.80. The van der Waals surface area contributed by atoms with Crippen LogP contribution >= 0.6 is 0 Å². The molecule has 4 rings (SSSR count). The molecular weight excluding hydrogens is 335 g/mol. The van der Waals surface area contributed by atoms with E-state index in [9.17, 15) is 14.0 Å². The van der Waals surface area contributed by atoms with E-state index in [2.05, 4.69) is 15.2 Å². The number of piperazine rings is 1. The Balaban J connectivity index is 1.49. The van der Waals surface area contributed by atoms with Crippen LogP contribution in [-0.2, 0) is 9.59 Å². The van der Waals surface area contributed by atoms with Gasteiger partial charge in [-0.25, -0.2) is 9.37 Å². The number of aromatic nitrogens is 1. The van der Waals surface area contributed by atoms with Crippen LogP contribution < -0.4 is 10.2 Å². The Bertz CT molecular complexity index is 835. The molecule has 7 heteroatoms. The van der Waals surface area contributed by atoms with Gasteiger partial charge in [0.05, 0.1) is 5.92 Å². The molecule has 2 aliphatic heterocycles.